The Kier molecular flexibility index (Phi) is 29.5. The number of benzene rings is 8. The molecule has 16 heterocycles. The Hall–Kier alpha value is -16.0. The number of esters is 1. The summed E-state index contributed by atoms with van der Waals surface area (Å²) in [6.45, 7) is 20.3. The quantitative estimate of drug-likeness (QED) is 0.0143. The van der Waals surface area contributed by atoms with Crippen LogP contribution in [-0.2, 0) is 28.5 Å². The summed E-state index contributed by atoms with van der Waals surface area (Å²) < 4.78 is 53.2. The molecule has 7 N–H and O–H groups in total. The van der Waals surface area contributed by atoms with E-state index in [1.807, 2.05) is 204 Å². The average molecular weight is 2010 g/mol. The minimum Gasteiger partial charge on any atom is -0.477 e. The fraction of sp³-hybridized carbons (Fsp3) is 0.280. The van der Waals surface area contributed by atoms with Crippen molar-refractivity contribution in [3.63, 3.8) is 0 Å². The molecule has 42 heteroatoms. The van der Waals surface area contributed by atoms with Gasteiger partial charge in [-0.05, 0) is 157 Å². The Balaban J connectivity index is 0.000000117. The second kappa shape index (κ2) is 44.3. The highest BCUT2D eigenvalue weighted by atomic mass is 16.6. The smallest absolute Gasteiger partial charge is 0.376 e. The van der Waals surface area contributed by atoms with Gasteiger partial charge in [0.1, 0.15) is 24.4 Å². The molecule has 24 rings (SSSR count). The largest absolute Gasteiger partial charge is 0.477 e. The zero-order valence-electron chi connectivity index (χ0n) is 81.7. The molecule has 0 spiro atoms. The molecule has 0 amide bonds. The van der Waals surface area contributed by atoms with Gasteiger partial charge in [-0.2, -0.15) is 0 Å². The van der Waals surface area contributed by atoms with Crippen LogP contribution in [0.4, 0.5) is 22.7 Å². The van der Waals surface area contributed by atoms with E-state index in [0.717, 1.165) is 145 Å². The molecule has 0 atom stereocenters. The highest BCUT2D eigenvalue weighted by molar-refractivity contribution is 6.64. The van der Waals surface area contributed by atoms with Gasteiger partial charge in [0.15, 0.2) is 45.4 Å². The first-order valence-electron chi connectivity index (χ1n) is 49.6. The van der Waals surface area contributed by atoms with Crippen LogP contribution in [0.25, 0.3) is 111 Å². The van der Waals surface area contributed by atoms with Crippen LogP contribution in [0.1, 0.15) is 42.0 Å². The number of hydrogen-bond acceptors (Lipinski definition) is 31. The van der Waals surface area contributed by atoms with Crippen LogP contribution < -0.4 is 44.7 Å². The summed E-state index contributed by atoms with van der Waals surface area (Å²) in [6, 6.07) is 76.4. The van der Waals surface area contributed by atoms with Gasteiger partial charge in [0.2, 0.25) is 17.6 Å². The zero-order chi connectivity index (χ0) is 102. The standard InChI is InChI=1S/C31H33B2N6O6.C27H28BN5O5.C26H25N5O4.C23H20N4O4/c1-33(42)38-18-25(19-38)44-30-28-26(21-7-9-22(10-8-21)36-11-13-43-14-12-36)15-27(31(41)45-24-16-37(17-24)32-20-40)34-29(28)39(35-30)23-5-3-2-4-6-23;1-28(36)32-16-21(17-32)38-26-24-22(18-7-9-19(10-8-18)31-11-13-37-14-12-31)15-23(27(34)35)29-25(24)33(30-26)20-5-3-2-4-6-20;32-26(33)22-14-21(17-6-8-18(9-7-17)30-10-12-34-13-11-30)23-24(28-22)31(19-4-2-1-3-5-19)29-25(23)35-20-15-27-16-20;28-22-20-18(15-6-8-16(9-7-15)26-10-12-31-13-11-26)14-19(23(29)30)24-21(20)27(25-22)17-4-2-1-3-5-17/h2-10,15,20,24-25,42H,11-14,16-19H2,1H3;2-10,15,21,36H,11-14,16-17H2,1H3,(H,34,35);1-9,14,20,27H,10-13,15-16H2,(H,32,33);1-9,14H,10-13H2,(H,25,28)(H,29,30). The van der Waals surface area contributed by atoms with Crippen LogP contribution in [0.2, 0.25) is 13.6 Å². The summed E-state index contributed by atoms with van der Waals surface area (Å²) in [5.74, 6) is -2.67. The van der Waals surface area contributed by atoms with E-state index >= 15 is 0 Å². The number of carboxylic acids is 3. The molecule has 0 aliphatic carbocycles. The van der Waals surface area contributed by atoms with E-state index in [9.17, 15) is 54.1 Å². The highest BCUT2D eigenvalue weighted by Gasteiger charge is 2.39. The van der Waals surface area contributed by atoms with Gasteiger partial charge in [-0.15, -0.1) is 15.3 Å². The number of ether oxygens (including phenoxy) is 8. The summed E-state index contributed by atoms with van der Waals surface area (Å²) in [7, 11) is 0.336. The Bertz CT molecular complexity index is 7570. The lowest BCUT2D eigenvalue weighted by molar-refractivity contribution is -0.00512. The second-order valence-corrected chi connectivity index (χ2v) is 37.1. The number of nitrogens with zero attached hydrogens (tertiary/aromatic N) is 18. The van der Waals surface area contributed by atoms with Crippen molar-refractivity contribution in [3.8, 4) is 84.9 Å². The van der Waals surface area contributed by atoms with Gasteiger partial charge in [-0.1, -0.05) is 121 Å². The zero-order valence-corrected chi connectivity index (χ0v) is 81.7. The molecule has 39 nitrogen and oxygen atoms in total. The molecular formula is C107H106B3N20O19. The number of carbonyl (C=O) groups is 5. The van der Waals surface area contributed by atoms with Crippen molar-refractivity contribution < 1.29 is 87.2 Å². The third-order valence-electron chi connectivity index (χ3n) is 27.4. The Labute approximate surface area is 855 Å². The van der Waals surface area contributed by atoms with E-state index in [0.29, 0.717) is 165 Å². The number of fused-ring (bicyclic) bond motifs is 4. The number of aromatic carboxylic acids is 3. The maximum absolute atomic E-state index is 13.5. The minimum atomic E-state index is -1.15. The van der Waals surface area contributed by atoms with Crippen molar-refractivity contribution in [2.24, 2.45) is 0 Å². The van der Waals surface area contributed by atoms with Crippen LogP contribution >= 0.6 is 0 Å². The number of para-hydroxylation sites is 4. The Morgan fingerprint density at radius 3 is 0.966 bits per heavy atom. The molecule has 16 aromatic rings. The molecular weight excluding hydrogens is 1900 g/mol. The van der Waals surface area contributed by atoms with E-state index in [2.05, 4.69) is 69.2 Å². The number of H-pyrrole nitrogens is 1. The third-order valence-corrected chi connectivity index (χ3v) is 27.4. The van der Waals surface area contributed by atoms with Crippen molar-refractivity contribution in [3.05, 3.63) is 276 Å². The Morgan fingerprint density at radius 1 is 0.369 bits per heavy atom. The average Bonchev–Trinajstić information content (AvgIpc) is 1.55. The lowest BCUT2D eigenvalue weighted by Crippen LogP contribution is -2.59. The molecule has 8 saturated heterocycles. The lowest BCUT2D eigenvalue weighted by Gasteiger charge is -2.39. The monoisotopic (exact) mass is 2010 g/mol. The van der Waals surface area contributed by atoms with Crippen LogP contribution in [0, 0.1) is 0 Å². The van der Waals surface area contributed by atoms with Crippen LogP contribution in [0.5, 0.6) is 17.6 Å². The molecule has 0 bridgehead atoms. The second-order valence-electron chi connectivity index (χ2n) is 37.1. The van der Waals surface area contributed by atoms with Crippen molar-refractivity contribution >= 4 is 118 Å². The topological polar surface area (TPSA) is 438 Å². The van der Waals surface area contributed by atoms with Gasteiger partial charge in [0, 0.05) is 150 Å². The minimum absolute atomic E-state index is 0.00743. The van der Waals surface area contributed by atoms with Crippen LogP contribution in [0.15, 0.2) is 247 Å². The van der Waals surface area contributed by atoms with Crippen molar-refractivity contribution in [1.29, 1.82) is 0 Å². The number of carboxylic acid groups (broad SMARTS) is 3. The van der Waals surface area contributed by atoms with Gasteiger partial charge in [0.25, 0.3) is 13.0 Å². The molecule has 8 aliphatic rings. The Morgan fingerprint density at radius 2 is 0.664 bits per heavy atom. The molecule has 0 unspecified atom stereocenters. The van der Waals surface area contributed by atoms with E-state index in [1.54, 1.807) is 50.7 Å². The van der Waals surface area contributed by atoms with Crippen molar-refractivity contribution in [1.82, 2.24) is 78.8 Å². The number of nitrogens with one attached hydrogen (secondary N) is 2. The first-order valence-corrected chi connectivity index (χ1v) is 49.6. The van der Waals surface area contributed by atoms with Crippen LogP contribution in [0.3, 0.4) is 0 Å². The maximum atomic E-state index is 13.5. The third kappa shape index (κ3) is 21.6. The molecule has 757 valence electrons. The normalized spacial score (nSPS) is 16.3. The maximum Gasteiger partial charge on any atom is 0.376 e. The summed E-state index contributed by atoms with van der Waals surface area (Å²) >= 11 is 0. The number of morpholine rings is 4. The van der Waals surface area contributed by atoms with E-state index in [-0.39, 0.29) is 58.4 Å². The summed E-state index contributed by atoms with van der Waals surface area (Å²) in [5.41, 5.74) is 14.6. The molecule has 8 aliphatic heterocycles. The lowest BCUT2D eigenvalue weighted by atomic mass is 9.81. The van der Waals surface area contributed by atoms with Crippen molar-refractivity contribution in [2.45, 2.75) is 38.1 Å². The number of carbonyl (C=O) groups excluding carboxylic acids is 2. The fourth-order valence-electron chi connectivity index (χ4n) is 19.2. The molecule has 8 aromatic heterocycles. The molecule has 8 fully saturated rings. The fourth-order valence-corrected chi connectivity index (χ4v) is 19.2. The number of rotatable bonds is 27. The first-order chi connectivity index (χ1) is 72.7. The van der Waals surface area contributed by atoms with Gasteiger partial charge < -0.3 is 107 Å². The number of pyridine rings is 4. The number of hydrogen-bond donors (Lipinski definition) is 7. The highest BCUT2D eigenvalue weighted by Crippen LogP contribution is 2.44. The molecule has 8 aromatic carbocycles. The summed E-state index contributed by atoms with van der Waals surface area (Å²) in [5, 5.41) is 71.9. The van der Waals surface area contributed by atoms with E-state index in [4.69, 9.17) is 58.2 Å². The predicted molar refractivity (Wildman–Crippen MR) is 563 cm³/mol. The summed E-state index contributed by atoms with van der Waals surface area (Å²) in [4.78, 5) is 106. The molecule has 149 heavy (non-hydrogen) atoms. The van der Waals surface area contributed by atoms with Gasteiger partial charge in [-0.25, -0.2) is 57.8 Å². The number of aromatic amines is 1. The molecule has 1 radical (unpaired) electrons. The van der Waals surface area contributed by atoms with Crippen molar-refractivity contribution in [2.75, 3.05) is 177 Å². The van der Waals surface area contributed by atoms with Gasteiger partial charge >= 0.3 is 38.0 Å². The first kappa shape index (κ1) is 99.0. The van der Waals surface area contributed by atoms with Gasteiger partial charge in [-0.3, -0.25) is 9.89 Å². The van der Waals surface area contributed by atoms with Gasteiger partial charge in [0.05, 0.1) is 103 Å². The van der Waals surface area contributed by atoms with E-state index < -0.39 is 38.0 Å². The van der Waals surface area contributed by atoms with E-state index in [1.165, 1.54) is 18.2 Å². The predicted octanol–water partition coefficient (Wildman–Crippen LogP) is 10.4. The SMILES string of the molecule is CB(O)N1CC(Oc2nn(-c3ccccc3)c3nc(C(=O)O)cc(-c4ccc(N5CCOCC5)cc4)c23)C1.CB(O)N1CC(Oc2nn(-c3ccccc3)c3nc(C(=O)OC4CN([B]C=O)C4)cc(-c4ccc(N5CCOCC5)cc4)c23)C1.O=C(O)c1cc(-c2ccc(N3CCOCC3)cc2)c2c(=O)[nH]n(-c3ccccc3)c2n1.O=C(O)c1cc(-c2ccc(N3CCOCC3)cc2)c2c(OC3CNC3)nn(-c3ccccc3)c2n1. The van der Waals surface area contributed by atoms with Crippen LogP contribution in [-0.4, -0.2) is 332 Å². The number of aromatic nitrogens is 12. The summed E-state index contributed by atoms with van der Waals surface area (Å²) in [6.07, 6.45) is 0.0828. The molecule has 0 saturated carbocycles. The number of anilines is 4.